The zero-order chi connectivity index (χ0) is 12.8. The fourth-order valence-electron chi connectivity index (χ4n) is 1.37. The largest absolute Gasteiger partial charge is 0.392 e. The first-order valence-corrected chi connectivity index (χ1v) is 5.76. The number of amides is 1. The zero-order valence-electron chi connectivity index (χ0n) is 10.3. The minimum Gasteiger partial charge on any atom is -0.392 e. The van der Waals surface area contributed by atoms with E-state index in [1.165, 1.54) is 0 Å². The standard InChI is InChI=1S/C13H20N2O2/c1-9(2)12(14)13(17)15-7-10-3-5-11(8-16)6-4-10/h3-6,9,12,16H,7-8,14H2,1-2H3,(H,15,17). The normalized spacial score (nSPS) is 12.5. The second kappa shape index (κ2) is 6.37. The molecule has 4 nitrogen and oxygen atoms in total. The lowest BCUT2D eigenvalue weighted by atomic mass is 10.0. The van der Waals surface area contributed by atoms with Gasteiger partial charge in [0.05, 0.1) is 12.6 Å². The van der Waals surface area contributed by atoms with Crippen LogP contribution < -0.4 is 11.1 Å². The lowest BCUT2D eigenvalue weighted by Crippen LogP contribution is -2.43. The van der Waals surface area contributed by atoms with Gasteiger partial charge in [-0.25, -0.2) is 0 Å². The third-order valence-corrected chi connectivity index (χ3v) is 2.69. The molecule has 0 saturated carbocycles. The van der Waals surface area contributed by atoms with Crippen LogP contribution in [-0.4, -0.2) is 17.1 Å². The highest BCUT2D eigenvalue weighted by Gasteiger charge is 2.16. The molecule has 0 aromatic heterocycles. The maximum Gasteiger partial charge on any atom is 0.237 e. The topological polar surface area (TPSA) is 75.4 Å². The van der Waals surface area contributed by atoms with Gasteiger partial charge in [-0.2, -0.15) is 0 Å². The fraction of sp³-hybridized carbons (Fsp3) is 0.462. The molecule has 0 radical (unpaired) electrons. The molecule has 1 aromatic carbocycles. The molecule has 1 aromatic rings. The van der Waals surface area contributed by atoms with Crippen molar-refractivity contribution in [3.8, 4) is 0 Å². The summed E-state index contributed by atoms with van der Waals surface area (Å²) < 4.78 is 0. The molecule has 0 aliphatic carbocycles. The molecule has 1 unspecified atom stereocenters. The molecule has 0 bridgehead atoms. The molecule has 1 atom stereocenters. The highest BCUT2D eigenvalue weighted by molar-refractivity contribution is 5.81. The van der Waals surface area contributed by atoms with Crippen molar-refractivity contribution < 1.29 is 9.90 Å². The van der Waals surface area contributed by atoms with Crippen molar-refractivity contribution in [2.75, 3.05) is 0 Å². The third-order valence-electron chi connectivity index (χ3n) is 2.69. The Kier molecular flexibility index (Phi) is 5.12. The Morgan fingerprint density at radius 1 is 1.29 bits per heavy atom. The molecule has 0 heterocycles. The molecule has 1 rings (SSSR count). The Bertz CT molecular complexity index is 360. The van der Waals surface area contributed by atoms with E-state index in [0.717, 1.165) is 11.1 Å². The first kappa shape index (κ1) is 13.7. The quantitative estimate of drug-likeness (QED) is 0.707. The Hall–Kier alpha value is -1.39. The molecule has 0 aliphatic heterocycles. The molecule has 17 heavy (non-hydrogen) atoms. The second-order valence-corrected chi connectivity index (χ2v) is 4.46. The Morgan fingerprint density at radius 3 is 2.29 bits per heavy atom. The summed E-state index contributed by atoms with van der Waals surface area (Å²) in [5.41, 5.74) is 7.58. The van der Waals surface area contributed by atoms with Crippen LogP contribution in [0.2, 0.25) is 0 Å². The van der Waals surface area contributed by atoms with E-state index in [0.29, 0.717) is 6.54 Å². The molecule has 4 N–H and O–H groups in total. The van der Waals surface area contributed by atoms with E-state index in [1.54, 1.807) is 0 Å². The fourth-order valence-corrected chi connectivity index (χ4v) is 1.37. The molecule has 0 saturated heterocycles. The van der Waals surface area contributed by atoms with E-state index in [1.807, 2.05) is 38.1 Å². The van der Waals surface area contributed by atoms with Crippen LogP contribution in [0, 0.1) is 5.92 Å². The Balaban J connectivity index is 2.47. The first-order valence-electron chi connectivity index (χ1n) is 5.76. The van der Waals surface area contributed by atoms with Gasteiger partial charge >= 0.3 is 0 Å². The van der Waals surface area contributed by atoms with E-state index in [-0.39, 0.29) is 18.4 Å². The van der Waals surface area contributed by atoms with Crippen LogP contribution in [0.5, 0.6) is 0 Å². The highest BCUT2D eigenvalue weighted by Crippen LogP contribution is 2.04. The van der Waals surface area contributed by atoms with Gasteiger partial charge < -0.3 is 16.2 Å². The maximum atomic E-state index is 11.6. The molecule has 0 spiro atoms. The minimum absolute atomic E-state index is 0.0326. The van der Waals surface area contributed by atoms with Gasteiger partial charge in [-0.15, -0.1) is 0 Å². The number of nitrogens with two attached hydrogens (primary N) is 1. The smallest absolute Gasteiger partial charge is 0.237 e. The predicted octanol–water partition coefficient (Wildman–Crippen LogP) is 0.778. The lowest BCUT2D eigenvalue weighted by Gasteiger charge is -2.15. The van der Waals surface area contributed by atoms with Gasteiger partial charge in [0.2, 0.25) is 5.91 Å². The Morgan fingerprint density at radius 2 is 1.82 bits per heavy atom. The van der Waals surface area contributed by atoms with Gasteiger partial charge in [0.15, 0.2) is 0 Å². The number of hydrogen-bond acceptors (Lipinski definition) is 3. The molecular formula is C13H20N2O2. The van der Waals surface area contributed by atoms with Crippen molar-refractivity contribution in [2.45, 2.75) is 33.0 Å². The van der Waals surface area contributed by atoms with Crippen molar-refractivity contribution in [2.24, 2.45) is 11.7 Å². The highest BCUT2D eigenvalue weighted by atomic mass is 16.3. The molecule has 94 valence electrons. The summed E-state index contributed by atoms with van der Waals surface area (Å²) in [6.45, 7) is 4.33. The number of nitrogens with one attached hydrogen (secondary N) is 1. The molecule has 0 aliphatic rings. The number of aliphatic hydroxyl groups is 1. The molecule has 1 amide bonds. The average molecular weight is 236 g/mol. The molecule has 0 fully saturated rings. The average Bonchev–Trinajstić information content (AvgIpc) is 2.35. The van der Waals surface area contributed by atoms with Gasteiger partial charge in [0, 0.05) is 6.54 Å². The summed E-state index contributed by atoms with van der Waals surface area (Å²) >= 11 is 0. The summed E-state index contributed by atoms with van der Waals surface area (Å²) in [6, 6.07) is 6.97. The number of hydrogen-bond donors (Lipinski definition) is 3. The van der Waals surface area contributed by atoms with Crippen LogP contribution in [0.4, 0.5) is 0 Å². The third kappa shape index (κ3) is 4.17. The van der Waals surface area contributed by atoms with E-state index in [2.05, 4.69) is 5.32 Å². The van der Waals surface area contributed by atoms with E-state index in [9.17, 15) is 4.79 Å². The van der Waals surface area contributed by atoms with Crippen molar-refractivity contribution in [1.82, 2.24) is 5.32 Å². The number of carbonyl (C=O) groups is 1. The van der Waals surface area contributed by atoms with Crippen molar-refractivity contribution in [1.29, 1.82) is 0 Å². The van der Waals surface area contributed by atoms with Crippen LogP contribution in [-0.2, 0) is 17.9 Å². The number of carbonyl (C=O) groups excluding carboxylic acids is 1. The SMILES string of the molecule is CC(C)C(N)C(=O)NCc1ccc(CO)cc1. The number of rotatable bonds is 5. The molecule has 4 heteroatoms. The van der Waals surface area contributed by atoms with E-state index < -0.39 is 6.04 Å². The molecular weight excluding hydrogens is 216 g/mol. The van der Waals surface area contributed by atoms with Crippen LogP contribution >= 0.6 is 0 Å². The summed E-state index contributed by atoms with van der Waals surface area (Å²) in [4.78, 5) is 11.6. The van der Waals surface area contributed by atoms with Gasteiger partial charge in [0.1, 0.15) is 0 Å². The van der Waals surface area contributed by atoms with Crippen molar-refractivity contribution in [3.05, 3.63) is 35.4 Å². The Labute approximate surface area is 102 Å². The summed E-state index contributed by atoms with van der Waals surface area (Å²) in [6.07, 6.45) is 0. The van der Waals surface area contributed by atoms with Crippen LogP contribution in [0.25, 0.3) is 0 Å². The number of aliphatic hydroxyl groups excluding tert-OH is 1. The maximum absolute atomic E-state index is 11.6. The monoisotopic (exact) mass is 236 g/mol. The zero-order valence-corrected chi connectivity index (χ0v) is 10.3. The van der Waals surface area contributed by atoms with Gasteiger partial charge in [-0.05, 0) is 17.0 Å². The lowest BCUT2D eigenvalue weighted by molar-refractivity contribution is -0.123. The number of benzene rings is 1. The summed E-state index contributed by atoms with van der Waals surface area (Å²) in [5, 5.41) is 11.7. The van der Waals surface area contributed by atoms with Crippen molar-refractivity contribution >= 4 is 5.91 Å². The van der Waals surface area contributed by atoms with Crippen LogP contribution in [0.15, 0.2) is 24.3 Å². The summed E-state index contributed by atoms with van der Waals surface area (Å²) in [5.74, 6) is -0.00185. The first-order chi connectivity index (χ1) is 8.04. The summed E-state index contributed by atoms with van der Waals surface area (Å²) in [7, 11) is 0. The van der Waals surface area contributed by atoms with Gasteiger partial charge in [0.25, 0.3) is 0 Å². The second-order valence-electron chi connectivity index (χ2n) is 4.46. The van der Waals surface area contributed by atoms with E-state index in [4.69, 9.17) is 10.8 Å². The van der Waals surface area contributed by atoms with E-state index >= 15 is 0 Å². The van der Waals surface area contributed by atoms with Crippen LogP contribution in [0.3, 0.4) is 0 Å². The van der Waals surface area contributed by atoms with Crippen LogP contribution in [0.1, 0.15) is 25.0 Å². The van der Waals surface area contributed by atoms with Gasteiger partial charge in [-0.3, -0.25) is 4.79 Å². The minimum atomic E-state index is -0.466. The predicted molar refractivity (Wildman–Crippen MR) is 67.0 cm³/mol. The van der Waals surface area contributed by atoms with Crippen molar-refractivity contribution in [3.63, 3.8) is 0 Å². The van der Waals surface area contributed by atoms with Gasteiger partial charge in [-0.1, -0.05) is 38.1 Å².